The average molecular weight is 293 g/mol. The van der Waals surface area contributed by atoms with Gasteiger partial charge in [0.15, 0.2) is 0 Å². The summed E-state index contributed by atoms with van der Waals surface area (Å²) >= 11 is 5.51. The van der Waals surface area contributed by atoms with E-state index in [-0.39, 0.29) is 5.75 Å². The molecule has 0 unspecified atom stereocenters. The van der Waals surface area contributed by atoms with Gasteiger partial charge in [0.25, 0.3) is 0 Å². The Kier molecular flexibility index (Phi) is 6.21. The zero-order valence-electron chi connectivity index (χ0n) is 10.2. The number of ether oxygens (including phenoxy) is 1. The van der Waals surface area contributed by atoms with E-state index in [4.69, 9.17) is 16.3 Å². The van der Waals surface area contributed by atoms with Crippen LogP contribution >= 0.6 is 11.6 Å². The van der Waals surface area contributed by atoms with Crippen LogP contribution in [0.2, 0.25) is 0 Å². The molecule has 0 saturated heterocycles. The molecule has 18 heavy (non-hydrogen) atoms. The largest absolute Gasteiger partial charge is 0.476 e. The first-order valence-electron chi connectivity index (χ1n) is 5.73. The number of aromatic nitrogens is 1. The van der Waals surface area contributed by atoms with Gasteiger partial charge in [-0.3, -0.25) is 4.72 Å². The van der Waals surface area contributed by atoms with Gasteiger partial charge < -0.3 is 4.74 Å². The van der Waals surface area contributed by atoms with Crippen molar-refractivity contribution < 1.29 is 13.2 Å². The number of rotatable bonds is 8. The van der Waals surface area contributed by atoms with Gasteiger partial charge in [0, 0.05) is 12.1 Å². The highest BCUT2D eigenvalue weighted by Gasteiger charge is 2.13. The molecule has 0 aliphatic carbocycles. The maximum atomic E-state index is 11.8. The van der Waals surface area contributed by atoms with Crippen molar-refractivity contribution in [3.05, 3.63) is 18.3 Å². The molecule has 7 heteroatoms. The van der Waals surface area contributed by atoms with Crippen LogP contribution in [0.4, 0.5) is 5.69 Å². The molecule has 0 spiro atoms. The Hall–Kier alpha value is -1.01. The minimum absolute atomic E-state index is 0.0418. The van der Waals surface area contributed by atoms with Crippen molar-refractivity contribution in [1.82, 2.24) is 4.98 Å². The van der Waals surface area contributed by atoms with Crippen LogP contribution in [0.15, 0.2) is 18.3 Å². The number of hydrogen-bond acceptors (Lipinski definition) is 4. The lowest BCUT2D eigenvalue weighted by Crippen LogP contribution is -2.17. The normalized spacial score (nSPS) is 11.2. The first kappa shape index (κ1) is 15.0. The number of halogens is 1. The van der Waals surface area contributed by atoms with Gasteiger partial charge in [0.2, 0.25) is 15.9 Å². The van der Waals surface area contributed by atoms with E-state index >= 15 is 0 Å². The van der Waals surface area contributed by atoms with E-state index in [0.29, 0.717) is 36.9 Å². The summed E-state index contributed by atoms with van der Waals surface area (Å²) in [5.41, 5.74) is 0.366. The summed E-state index contributed by atoms with van der Waals surface area (Å²) in [6, 6.07) is 3.27. The molecule has 1 heterocycles. The van der Waals surface area contributed by atoms with Crippen molar-refractivity contribution in [1.29, 1.82) is 0 Å². The molecule has 102 valence electrons. The molecule has 0 atom stereocenters. The number of unbranched alkanes of at least 4 members (excludes halogenated alkanes) is 1. The number of hydrogen-bond donors (Lipinski definition) is 1. The van der Waals surface area contributed by atoms with Crippen molar-refractivity contribution in [2.24, 2.45) is 0 Å². The number of alkyl halides is 1. The smallest absolute Gasteiger partial charge is 0.238 e. The second-order valence-corrected chi connectivity index (χ2v) is 5.83. The molecule has 1 N–H and O–H groups in total. The van der Waals surface area contributed by atoms with Crippen molar-refractivity contribution in [2.75, 3.05) is 23.0 Å². The quantitative estimate of drug-likeness (QED) is 0.589. The molecule has 0 aromatic carbocycles. The summed E-state index contributed by atoms with van der Waals surface area (Å²) in [4.78, 5) is 3.98. The highest BCUT2D eigenvalue weighted by atomic mass is 35.5. The summed E-state index contributed by atoms with van der Waals surface area (Å²) in [5, 5.41) is 0. The predicted molar refractivity (Wildman–Crippen MR) is 72.8 cm³/mol. The average Bonchev–Trinajstić information content (AvgIpc) is 2.32. The summed E-state index contributed by atoms with van der Waals surface area (Å²) in [5.74, 6) is 0.799. The number of nitrogens with zero attached hydrogens (tertiary/aromatic N) is 1. The molecular formula is C11H17ClN2O3S. The van der Waals surface area contributed by atoms with E-state index in [1.54, 1.807) is 18.3 Å². The summed E-state index contributed by atoms with van der Waals surface area (Å²) < 4.78 is 31.3. The third-order valence-corrected chi connectivity index (χ3v) is 3.74. The molecule has 0 aliphatic rings. The van der Waals surface area contributed by atoms with E-state index in [0.717, 1.165) is 0 Å². The summed E-state index contributed by atoms with van der Waals surface area (Å²) in [6.45, 7) is 2.24. The van der Waals surface area contributed by atoms with E-state index in [2.05, 4.69) is 9.71 Å². The van der Waals surface area contributed by atoms with Crippen LogP contribution in [0.3, 0.4) is 0 Å². The van der Waals surface area contributed by atoms with Crippen LogP contribution in [-0.2, 0) is 10.0 Å². The van der Waals surface area contributed by atoms with Gasteiger partial charge in [0.1, 0.15) is 5.69 Å². The standard InChI is InChI=1S/C11H17ClN2O3S/c1-2-17-11-10(6-5-8-13-11)14-18(15,16)9-4-3-7-12/h5-6,8,14H,2-4,7,9H2,1H3. The summed E-state index contributed by atoms with van der Waals surface area (Å²) in [7, 11) is -3.38. The molecule has 0 fully saturated rings. The van der Waals surface area contributed by atoms with E-state index < -0.39 is 10.0 Å². The molecular weight excluding hydrogens is 276 g/mol. The Balaban J connectivity index is 2.71. The zero-order chi connectivity index (χ0) is 13.4. The van der Waals surface area contributed by atoms with Gasteiger partial charge in [-0.05, 0) is 31.9 Å². The second kappa shape index (κ2) is 7.43. The Labute approximate surface area is 113 Å². The molecule has 1 rings (SSSR count). The minimum atomic E-state index is -3.38. The molecule has 5 nitrogen and oxygen atoms in total. The predicted octanol–water partition coefficient (Wildman–Crippen LogP) is 2.24. The van der Waals surface area contributed by atoms with Gasteiger partial charge in [-0.15, -0.1) is 11.6 Å². The number of anilines is 1. The Morgan fingerprint density at radius 3 is 2.89 bits per heavy atom. The van der Waals surface area contributed by atoms with E-state index in [9.17, 15) is 8.42 Å². The fraction of sp³-hybridized carbons (Fsp3) is 0.545. The third kappa shape index (κ3) is 5.10. The molecule has 0 radical (unpaired) electrons. The maximum Gasteiger partial charge on any atom is 0.238 e. The van der Waals surface area contributed by atoms with Crippen molar-refractivity contribution >= 4 is 27.3 Å². The second-order valence-electron chi connectivity index (χ2n) is 3.61. The van der Waals surface area contributed by atoms with Gasteiger partial charge in [-0.1, -0.05) is 0 Å². The van der Waals surface area contributed by atoms with Crippen LogP contribution in [0.5, 0.6) is 5.88 Å². The summed E-state index contributed by atoms with van der Waals surface area (Å²) in [6.07, 6.45) is 2.76. The van der Waals surface area contributed by atoms with Gasteiger partial charge in [-0.2, -0.15) is 0 Å². The Bertz CT molecular complexity index is 465. The van der Waals surface area contributed by atoms with Gasteiger partial charge >= 0.3 is 0 Å². The number of nitrogens with one attached hydrogen (secondary N) is 1. The SMILES string of the molecule is CCOc1ncccc1NS(=O)(=O)CCCCCl. The van der Waals surface area contributed by atoms with Crippen LogP contribution < -0.4 is 9.46 Å². The van der Waals surface area contributed by atoms with Crippen molar-refractivity contribution in [2.45, 2.75) is 19.8 Å². The first-order chi connectivity index (χ1) is 8.59. The van der Waals surface area contributed by atoms with Crippen molar-refractivity contribution in [3.8, 4) is 5.88 Å². The van der Waals surface area contributed by atoms with Crippen LogP contribution in [-0.4, -0.2) is 31.6 Å². The third-order valence-electron chi connectivity index (χ3n) is 2.11. The number of pyridine rings is 1. The molecule has 0 bridgehead atoms. The van der Waals surface area contributed by atoms with E-state index in [1.807, 2.05) is 6.92 Å². The lowest BCUT2D eigenvalue weighted by molar-refractivity contribution is 0.329. The number of sulfonamides is 1. The van der Waals surface area contributed by atoms with Gasteiger partial charge in [0.05, 0.1) is 12.4 Å². The lowest BCUT2D eigenvalue weighted by atomic mass is 10.4. The topological polar surface area (TPSA) is 68.3 Å². The fourth-order valence-electron chi connectivity index (χ4n) is 1.33. The molecule has 1 aromatic rings. The highest BCUT2D eigenvalue weighted by molar-refractivity contribution is 7.92. The van der Waals surface area contributed by atoms with Crippen LogP contribution in [0, 0.1) is 0 Å². The zero-order valence-corrected chi connectivity index (χ0v) is 11.8. The molecule has 0 saturated carbocycles. The molecule has 0 aliphatic heterocycles. The monoisotopic (exact) mass is 292 g/mol. The van der Waals surface area contributed by atoms with Crippen molar-refractivity contribution in [3.63, 3.8) is 0 Å². The van der Waals surface area contributed by atoms with Crippen LogP contribution in [0.25, 0.3) is 0 Å². The molecule has 1 aromatic heterocycles. The van der Waals surface area contributed by atoms with Crippen LogP contribution in [0.1, 0.15) is 19.8 Å². The molecule has 0 amide bonds. The Morgan fingerprint density at radius 2 is 2.22 bits per heavy atom. The first-order valence-corrected chi connectivity index (χ1v) is 7.92. The van der Waals surface area contributed by atoms with Gasteiger partial charge in [-0.25, -0.2) is 13.4 Å². The fourth-order valence-corrected chi connectivity index (χ4v) is 2.69. The Morgan fingerprint density at radius 1 is 1.44 bits per heavy atom. The maximum absolute atomic E-state index is 11.8. The highest BCUT2D eigenvalue weighted by Crippen LogP contribution is 2.21. The minimum Gasteiger partial charge on any atom is -0.476 e. The lowest BCUT2D eigenvalue weighted by Gasteiger charge is -2.11. The van der Waals surface area contributed by atoms with E-state index in [1.165, 1.54) is 0 Å².